The molecule has 8 nitrogen and oxygen atoms in total. The van der Waals surface area contributed by atoms with Gasteiger partial charge in [0.25, 0.3) is 0 Å². The molecule has 5 rings (SSSR count). The van der Waals surface area contributed by atoms with Crippen molar-refractivity contribution in [3.63, 3.8) is 0 Å². The predicted molar refractivity (Wildman–Crippen MR) is 132 cm³/mol. The maximum absolute atomic E-state index is 12.9. The van der Waals surface area contributed by atoms with Gasteiger partial charge < -0.3 is 19.4 Å². The van der Waals surface area contributed by atoms with Gasteiger partial charge in [-0.25, -0.2) is 4.79 Å². The molecule has 190 valence electrons. The molecule has 1 aromatic rings. The zero-order valence-corrected chi connectivity index (χ0v) is 21.2. The van der Waals surface area contributed by atoms with E-state index in [9.17, 15) is 19.2 Å². The number of aryl methyl sites for hydroxylation is 1. The largest absolute Gasteiger partial charge is 0.467 e. The Hall–Kier alpha value is -3.16. The van der Waals surface area contributed by atoms with Crippen LogP contribution in [0, 0.1) is 18.8 Å². The lowest BCUT2D eigenvalue weighted by Gasteiger charge is -2.41. The standard InChI is InChI=1S/C18H23N3O5.C7H8.C2H6/c1-3-13(22)21-7-6-19(17(25)18(21)4-5-18)10-14(23)20-9-11-8-12(11)15(20)16(24)26-2;1-7-5-3-2-4-6-7;1-2/h3,11-12,15H,1,4-10H2,2H3;2-6H,1H3;1-2H3. The Morgan fingerprint density at radius 3 is 2.31 bits per heavy atom. The summed E-state index contributed by atoms with van der Waals surface area (Å²) in [5.74, 6) is -0.456. The Morgan fingerprint density at radius 2 is 1.80 bits per heavy atom. The van der Waals surface area contributed by atoms with Gasteiger partial charge in [0, 0.05) is 19.6 Å². The fourth-order valence-electron chi connectivity index (χ4n) is 5.06. The molecule has 3 amide bonds. The molecule has 4 aliphatic rings. The van der Waals surface area contributed by atoms with Gasteiger partial charge in [0.1, 0.15) is 11.6 Å². The predicted octanol–water partition coefficient (Wildman–Crippen LogP) is 2.42. The number of hydrogen-bond acceptors (Lipinski definition) is 5. The Kier molecular flexibility index (Phi) is 8.35. The van der Waals surface area contributed by atoms with Crippen LogP contribution in [0.15, 0.2) is 43.0 Å². The molecular weight excluding hydrogens is 446 g/mol. The minimum absolute atomic E-state index is 0.0519. The van der Waals surface area contributed by atoms with Crippen molar-refractivity contribution in [1.29, 1.82) is 0 Å². The second kappa shape index (κ2) is 11.1. The van der Waals surface area contributed by atoms with Gasteiger partial charge in [-0.2, -0.15) is 0 Å². The maximum Gasteiger partial charge on any atom is 0.328 e. The van der Waals surface area contributed by atoms with Crippen molar-refractivity contribution in [2.45, 2.75) is 51.6 Å². The van der Waals surface area contributed by atoms with E-state index in [2.05, 4.69) is 25.6 Å². The topological polar surface area (TPSA) is 87.2 Å². The normalized spacial score (nSPS) is 24.9. The van der Waals surface area contributed by atoms with Crippen molar-refractivity contribution in [2.75, 3.05) is 33.3 Å². The van der Waals surface area contributed by atoms with Crippen LogP contribution in [-0.2, 0) is 23.9 Å². The number of likely N-dealkylation sites (tertiary alicyclic amines) is 1. The lowest BCUT2D eigenvalue weighted by Crippen LogP contribution is -2.62. The molecule has 3 atom stereocenters. The van der Waals surface area contributed by atoms with Crippen molar-refractivity contribution in [3.05, 3.63) is 48.6 Å². The van der Waals surface area contributed by atoms with Gasteiger partial charge in [-0.3, -0.25) is 14.4 Å². The summed E-state index contributed by atoms with van der Waals surface area (Å²) in [6.07, 6.45) is 3.42. The molecule has 2 aliphatic heterocycles. The third-order valence-electron chi connectivity index (χ3n) is 7.14. The number of piperidine rings is 1. The summed E-state index contributed by atoms with van der Waals surface area (Å²) >= 11 is 0. The minimum atomic E-state index is -0.793. The van der Waals surface area contributed by atoms with E-state index in [1.807, 2.05) is 32.0 Å². The van der Waals surface area contributed by atoms with Crippen LogP contribution in [0.25, 0.3) is 0 Å². The maximum atomic E-state index is 12.9. The zero-order chi connectivity index (χ0) is 25.8. The van der Waals surface area contributed by atoms with Crippen LogP contribution in [-0.4, -0.2) is 83.3 Å². The van der Waals surface area contributed by atoms with Crippen molar-refractivity contribution < 1.29 is 23.9 Å². The Bertz CT molecular complexity index is 959. The van der Waals surface area contributed by atoms with E-state index in [1.54, 1.807) is 9.80 Å². The zero-order valence-electron chi connectivity index (χ0n) is 21.2. The Balaban J connectivity index is 0.000000324. The van der Waals surface area contributed by atoms with E-state index in [0.717, 1.165) is 6.42 Å². The highest BCUT2D eigenvalue weighted by Crippen LogP contribution is 2.50. The van der Waals surface area contributed by atoms with Crippen LogP contribution in [0.4, 0.5) is 0 Å². The number of nitrogens with zero attached hydrogens (tertiary/aromatic N) is 3. The molecule has 0 N–H and O–H groups in total. The fourth-order valence-corrected chi connectivity index (χ4v) is 5.06. The second-order valence-corrected chi connectivity index (χ2v) is 9.28. The molecule has 35 heavy (non-hydrogen) atoms. The van der Waals surface area contributed by atoms with Crippen molar-refractivity contribution in [3.8, 4) is 0 Å². The average molecular weight is 484 g/mol. The number of ether oxygens (including phenoxy) is 1. The monoisotopic (exact) mass is 483 g/mol. The molecular formula is C27H37N3O5. The average Bonchev–Trinajstić information content (AvgIpc) is 3.81. The third kappa shape index (κ3) is 5.41. The summed E-state index contributed by atoms with van der Waals surface area (Å²) < 4.78 is 4.85. The lowest BCUT2D eigenvalue weighted by molar-refractivity contribution is -0.157. The third-order valence-corrected chi connectivity index (χ3v) is 7.14. The molecule has 0 radical (unpaired) electrons. The van der Waals surface area contributed by atoms with Crippen LogP contribution < -0.4 is 0 Å². The molecule has 2 aliphatic carbocycles. The number of piperazine rings is 1. The second-order valence-electron chi connectivity index (χ2n) is 9.28. The summed E-state index contributed by atoms with van der Waals surface area (Å²) in [7, 11) is 1.33. The summed E-state index contributed by atoms with van der Waals surface area (Å²) in [6.45, 7) is 10.8. The van der Waals surface area contributed by atoms with E-state index in [1.165, 1.54) is 23.6 Å². The van der Waals surface area contributed by atoms with Gasteiger partial charge >= 0.3 is 5.97 Å². The SMILES string of the molecule is C=CC(=O)N1CCN(CC(=O)N2CC3CC3C2C(=O)OC)C(=O)C12CC2.CC.Cc1ccccc1. The van der Waals surface area contributed by atoms with Gasteiger partial charge in [0.05, 0.1) is 13.7 Å². The van der Waals surface area contributed by atoms with Crippen LogP contribution in [0.5, 0.6) is 0 Å². The Morgan fingerprint density at radius 1 is 1.14 bits per heavy atom. The number of methoxy groups -OCH3 is 1. The van der Waals surface area contributed by atoms with Crippen LogP contribution in [0.3, 0.4) is 0 Å². The van der Waals surface area contributed by atoms with Gasteiger partial charge in [-0.1, -0.05) is 56.3 Å². The van der Waals surface area contributed by atoms with Gasteiger partial charge in [-0.15, -0.1) is 0 Å². The van der Waals surface area contributed by atoms with E-state index in [0.29, 0.717) is 38.4 Å². The number of carbonyl (C=O) groups is 4. The van der Waals surface area contributed by atoms with E-state index in [4.69, 9.17) is 4.74 Å². The van der Waals surface area contributed by atoms with E-state index in [-0.39, 0.29) is 36.2 Å². The van der Waals surface area contributed by atoms with Crippen LogP contribution >= 0.6 is 0 Å². The molecule has 2 saturated carbocycles. The number of fused-ring (bicyclic) bond motifs is 1. The first-order chi connectivity index (χ1) is 16.8. The smallest absolute Gasteiger partial charge is 0.328 e. The van der Waals surface area contributed by atoms with Crippen LogP contribution in [0.1, 0.15) is 38.7 Å². The lowest BCUT2D eigenvalue weighted by atomic mass is 10.1. The molecule has 2 saturated heterocycles. The summed E-state index contributed by atoms with van der Waals surface area (Å²) in [5, 5.41) is 0. The summed E-state index contributed by atoms with van der Waals surface area (Å²) in [5.41, 5.74) is 0.529. The first-order valence-corrected chi connectivity index (χ1v) is 12.4. The van der Waals surface area contributed by atoms with Crippen LogP contribution in [0.2, 0.25) is 0 Å². The Labute approximate surface area is 207 Å². The molecule has 2 heterocycles. The quantitative estimate of drug-likeness (QED) is 0.485. The summed E-state index contributed by atoms with van der Waals surface area (Å²) in [4.78, 5) is 54.4. The highest BCUT2D eigenvalue weighted by atomic mass is 16.5. The van der Waals surface area contributed by atoms with Crippen molar-refractivity contribution >= 4 is 23.7 Å². The van der Waals surface area contributed by atoms with E-state index >= 15 is 0 Å². The molecule has 0 aromatic heterocycles. The molecule has 1 aromatic carbocycles. The van der Waals surface area contributed by atoms with Gasteiger partial charge in [0.15, 0.2) is 0 Å². The minimum Gasteiger partial charge on any atom is -0.467 e. The highest BCUT2D eigenvalue weighted by Gasteiger charge is 2.61. The number of esters is 1. The van der Waals surface area contributed by atoms with Gasteiger partial charge in [0.2, 0.25) is 17.7 Å². The summed E-state index contributed by atoms with van der Waals surface area (Å²) in [6, 6.07) is 9.74. The van der Waals surface area contributed by atoms with Gasteiger partial charge in [-0.05, 0) is 44.1 Å². The number of benzene rings is 1. The number of amides is 3. The first-order valence-electron chi connectivity index (χ1n) is 12.4. The number of hydrogen-bond donors (Lipinski definition) is 0. The number of rotatable bonds is 4. The fraction of sp³-hybridized carbons (Fsp3) is 0.556. The van der Waals surface area contributed by atoms with Crippen molar-refractivity contribution in [2.24, 2.45) is 11.8 Å². The molecule has 1 spiro atoms. The molecule has 4 fully saturated rings. The van der Waals surface area contributed by atoms with E-state index < -0.39 is 11.6 Å². The molecule has 3 unspecified atom stereocenters. The molecule has 8 heteroatoms. The first kappa shape index (κ1) is 26.4. The van der Waals surface area contributed by atoms with Crippen molar-refractivity contribution in [1.82, 2.24) is 14.7 Å². The highest BCUT2D eigenvalue weighted by molar-refractivity contribution is 5.99. The number of carbonyl (C=O) groups excluding carboxylic acids is 4. The molecule has 0 bridgehead atoms.